The molecule has 1 aromatic carbocycles. The van der Waals surface area contributed by atoms with Crippen LogP contribution < -0.4 is 10.1 Å². The lowest BCUT2D eigenvalue weighted by molar-refractivity contribution is 0.414. The van der Waals surface area contributed by atoms with Crippen molar-refractivity contribution < 1.29 is 4.74 Å². The number of nitrogens with one attached hydrogen (secondary N) is 2. The Morgan fingerprint density at radius 1 is 1.24 bits per heavy atom. The highest BCUT2D eigenvalue weighted by Crippen LogP contribution is 2.25. The molecule has 0 aliphatic heterocycles. The van der Waals surface area contributed by atoms with Crippen LogP contribution in [0.4, 0.5) is 0 Å². The number of aromatic amines is 1. The van der Waals surface area contributed by atoms with E-state index in [0.29, 0.717) is 0 Å². The fourth-order valence-corrected chi connectivity index (χ4v) is 2.96. The summed E-state index contributed by atoms with van der Waals surface area (Å²) >= 11 is 1.71. The van der Waals surface area contributed by atoms with Crippen molar-refractivity contribution in [2.24, 2.45) is 0 Å². The maximum Gasteiger partial charge on any atom is 0.119 e. The van der Waals surface area contributed by atoms with Crippen molar-refractivity contribution in [2.75, 3.05) is 7.11 Å². The van der Waals surface area contributed by atoms with E-state index in [1.807, 2.05) is 30.5 Å². The lowest BCUT2D eigenvalue weighted by Crippen LogP contribution is -2.12. The van der Waals surface area contributed by atoms with E-state index in [2.05, 4.69) is 33.0 Å². The number of hydrogen-bond donors (Lipinski definition) is 2. The van der Waals surface area contributed by atoms with Gasteiger partial charge in [0.05, 0.1) is 23.9 Å². The summed E-state index contributed by atoms with van der Waals surface area (Å²) in [5.41, 5.74) is 3.49. The third-order valence-corrected chi connectivity index (χ3v) is 4.15. The Bertz CT molecular complexity index is 691. The second-order valence-electron chi connectivity index (χ2n) is 4.70. The largest absolute Gasteiger partial charge is 0.497 e. The fraction of sp³-hybridized carbons (Fsp3) is 0.188. The third kappa shape index (κ3) is 3.32. The molecule has 108 valence electrons. The first-order chi connectivity index (χ1) is 10.4. The van der Waals surface area contributed by atoms with Gasteiger partial charge in [-0.2, -0.15) is 5.10 Å². The molecule has 0 aliphatic carbocycles. The van der Waals surface area contributed by atoms with Crippen LogP contribution in [0.3, 0.4) is 0 Å². The Kier molecular flexibility index (Phi) is 4.33. The van der Waals surface area contributed by atoms with Crippen LogP contribution >= 0.6 is 11.3 Å². The quantitative estimate of drug-likeness (QED) is 0.733. The summed E-state index contributed by atoms with van der Waals surface area (Å²) in [6, 6.07) is 12.2. The van der Waals surface area contributed by atoms with Crippen molar-refractivity contribution in [3.8, 4) is 16.3 Å². The molecular formula is C16H17N3OS. The van der Waals surface area contributed by atoms with E-state index in [1.54, 1.807) is 18.4 Å². The normalized spacial score (nSPS) is 10.7. The molecular weight excluding hydrogens is 282 g/mol. The van der Waals surface area contributed by atoms with Crippen molar-refractivity contribution in [3.05, 3.63) is 59.1 Å². The third-order valence-electron chi connectivity index (χ3n) is 3.26. The van der Waals surface area contributed by atoms with Gasteiger partial charge >= 0.3 is 0 Å². The summed E-state index contributed by atoms with van der Waals surface area (Å²) in [4.78, 5) is 1.21. The summed E-state index contributed by atoms with van der Waals surface area (Å²) < 4.78 is 5.23. The number of aromatic nitrogens is 2. The molecule has 2 heterocycles. The predicted octanol–water partition coefficient (Wildman–Crippen LogP) is 3.44. The van der Waals surface area contributed by atoms with Gasteiger partial charge in [0.1, 0.15) is 5.75 Å². The van der Waals surface area contributed by atoms with Crippen LogP contribution in [0, 0.1) is 0 Å². The molecule has 0 unspecified atom stereocenters. The molecule has 0 radical (unpaired) electrons. The van der Waals surface area contributed by atoms with Gasteiger partial charge in [-0.25, -0.2) is 0 Å². The van der Waals surface area contributed by atoms with Crippen LogP contribution in [-0.4, -0.2) is 17.3 Å². The molecule has 0 amide bonds. The van der Waals surface area contributed by atoms with Crippen LogP contribution in [0.25, 0.3) is 10.6 Å². The molecule has 0 spiro atoms. The second kappa shape index (κ2) is 6.56. The minimum Gasteiger partial charge on any atom is -0.497 e. The van der Waals surface area contributed by atoms with Gasteiger partial charge in [0, 0.05) is 18.7 Å². The standard InChI is InChI=1S/C16H17N3OS/c1-20-14-5-2-4-12(8-14)9-17-10-13-11-18-19-16(13)15-6-3-7-21-15/h2-8,11,17H,9-10H2,1H3,(H,18,19). The Morgan fingerprint density at radius 2 is 2.19 bits per heavy atom. The molecule has 0 atom stereocenters. The van der Waals surface area contributed by atoms with Crippen molar-refractivity contribution in [2.45, 2.75) is 13.1 Å². The highest BCUT2D eigenvalue weighted by atomic mass is 32.1. The fourth-order valence-electron chi connectivity index (χ4n) is 2.20. The van der Waals surface area contributed by atoms with Gasteiger partial charge in [0.2, 0.25) is 0 Å². The summed E-state index contributed by atoms with van der Waals surface area (Å²) in [7, 11) is 1.69. The van der Waals surface area contributed by atoms with E-state index in [0.717, 1.165) is 24.5 Å². The average Bonchev–Trinajstić information content (AvgIpc) is 3.18. The minimum absolute atomic E-state index is 0.779. The van der Waals surface area contributed by atoms with Gasteiger partial charge < -0.3 is 10.1 Å². The van der Waals surface area contributed by atoms with Gasteiger partial charge in [-0.3, -0.25) is 5.10 Å². The number of ether oxygens (including phenoxy) is 1. The minimum atomic E-state index is 0.779. The van der Waals surface area contributed by atoms with Gasteiger partial charge in [-0.1, -0.05) is 18.2 Å². The topological polar surface area (TPSA) is 49.9 Å². The van der Waals surface area contributed by atoms with E-state index in [4.69, 9.17) is 4.74 Å². The van der Waals surface area contributed by atoms with Gasteiger partial charge in [0.15, 0.2) is 0 Å². The molecule has 3 aromatic rings. The van der Waals surface area contributed by atoms with Crippen LogP contribution in [0.1, 0.15) is 11.1 Å². The summed E-state index contributed by atoms with van der Waals surface area (Å²) in [6.45, 7) is 1.58. The molecule has 0 aliphatic rings. The summed E-state index contributed by atoms with van der Waals surface area (Å²) in [6.07, 6.45) is 1.88. The number of thiophene rings is 1. The maximum atomic E-state index is 5.23. The Hall–Kier alpha value is -2.11. The SMILES string of the molecule is COc1cccc(CNCc2cn[nH]c2-c2cccs2)c1. The van der Waals surface area contributed by atoms with E-state index in [9.17, 15) is 0 Å². The molecule has 2 N–H and O–H groups in total. The van der Waals surface area contributed by atoms with Crippen LogP contribution in [0.2, 0.25) is 0 Å². The molecule has 4 nitrogen and oxygen atoms in total. The van der Waals surface area contributed by atoms with E-state index < -0.39 is 0 Å². The molecule has 5 heteroatoms. The summed E-state index contributed by atoms with van der Waals surface area (Å²) in [5.74, 6) is 0.886. The van der Waals surface area contributed by atoms with Crippen molar-refractivity contribution in [1.29, 1.82) is 0 Å². The Morgan fingerprint density at radius 3 is 3.00 bits per heavy atom. The number of methoxy groups -OCH3 is 1. The monoisotopic (exact) mass is 299 g/mol. The van der Waals surface area contributed by atoms with Crippen LogP contribution in [0.5, 0.6) is 5.75 Å². The highest BCUT2D eigenvalue weighted by Gasteiger charge is 2.08. The van der Waals surface area contributed by atoms with Crippen molar-refractivity contribution in [1.82, 2.24) is 15.5 Å². The molecule has 21 heavy (non-hydrogen) atoms. The lowest BCUT2D eigenvalue weighted by Gasteiger charge is -2.06. The smallest absolute Gasteiger partial charge is 0.119 e. The average molecular weight is 299 g/mol. The van der Waals surface area contributed by atoms with Gasteiger partial charge in [-0.15, -0.1) is 11.3 Å². The number of hydrogen-bond acceptors (Lipinski definition) is 4. The number of H-pyrrole nitrogens is 1. The molecule has 0 bridgehead atoms. The number of rotatable bonds is 6. The maximum absolute atomic E-state index is 5.23. The van der Waals surface area contributed by atoms with E-state index in [1.165, 1.54) is 16.0 Å². The summed E-state index contributed by atoms with van der Waals surface area (Å²) in [5, 5.41) is 12.7. The number of benzene rings is 1. The van der Waals surface area contributed by atoms with Crippen molar-refractivity contribution in [3.63, 3.8) is 0 Å². The Balaban J connectivity index is 1.62. The van der Waals surface area contributed by atoms with Gasteiger partial charge in [0.25, 0.3) is 0 Å². The Labute approximate surface area is 127 Å². The zero-order valence-corrected chi connectivity index (χ0v) is 12.6. The second-order valence-corrected chi connectivity index (χ2v) is 5.65. The van der Waals surface area contributed by atoms with E-state index in [-0.39, 0.29) is 0 Å². The number of nitrogens with zero attached hydrogens (tertiary/aromatic N) is 1. The lowest BCUT2D eigenvalue weighted by atomic mass is 10.2. The molecule has 3 rings (SSSR count). The first kappa shape index (κ1) is 13.9. The molecule has 0 saturated heterocycles. The zero-order valence-electron chi connectivity index (χ0n) is 11.8. The van der Waals surface area contributed by atoms with E-state index >= 15 is 0 Å². The molecule has 0 fully saturated rings. The highest BCUT2D eigenvalue weighted by molar-refractivity contribution is 7.13. The zero-order chi connectivity index (χ0) is 14.5. The van der Waals surface area contributed by atoms with Crippen LogP contribution in [0.15, 0.2) is 48.0 Å². The first-order valence-corrected chi connectivity index (χ1v) is 7.64. The van der Waals surface area contributed by atoms with Gasteiger partial charge in [-0.05, 0) is 29.1 Å². The van der Waals surface area contributed by atoms with Crippen LogP contribution in [-0.2, 0) is 13.1 Å². The molecule has 2 aromatic heterocycles. The van der Waals surface area contributed by atoms with Crippen molar-refractivity contribution >= 4 is 11.3 Å². The predicted molar refractivity (Wildman–Crippen MR) is 85.4 cm³/mol. The molecule has 0 saturated carbocycles. The first-order valence-electron chi connectivity index (χ1n) is 6.76.